The molecule has 10 atom stereocenters. The summed E-state index contributed by atoms with van der Waals surface area (Å²) in [5.74, 6) is 0. The number of methoxy groups -OCH3 is 3. The molecule has 11 nitrogen and oxygen atoms in total. The Morgan fingerprint density at radius 3 is 1.69 bits per heavy atom. The Hall–Kier alpha value is -0.440. The van der Waals surface area contributed by atoms with Crippen molar-refractivity contribution in [1.29, 1.82) is 0 Å². The van der Waals surface area contributed by atoms with E-state index in [4.69, 9.17) is 28.4 Å². The maximum Gasteiger partial charge on any atom is 0.187 e. The predicted molar refractivity (Wildman–Crippen MR) is 83.0 cm³/mol. The monoisotopic (exact) mass is 384 g/mol. The van der Waals surface area contributed by atoms with Crippen LogP contribution in [0.3, 0.4) is 0 Å². The molecule has 2 aliphatic rings. The van der Waals surface area contributed by atoms with Crippen molar-refractivity contribution in [2.45, 2.75) is 61.4 Å². The Labute approximate surface area is 150 Å². The minimum Gasteiger partial charge on any atom is -0.394 e. The molecule has 0 spiro atoms. The summed E-state index contributed by atoms with van der Waals surface area (Å²) < 4.78 is 32.0. The highest BCUT2D eigenvalue weighted by Crippen LogP contribution is 2.31. The highest BCUT2D eigenvalue weighted by atomic mass is 16.7. The van der Waals surface area contributed by atoms with Crippen molar-refractivity contribution in [2.75, 3.05) is 34.5 Å². The molecule has 154 valence electrons. The zero-order valence-corrected chi connectivity index (χ0v) is 14.9. The van der Waals surface area contributed by atoms with Gasteiger partial charge in [0.15, 0.2) is 12.6 Å². The van der Waals surface area contributed by atoms with Gasteiger partial charge in [0, 0.05) is 21.3 Å². The number of aliphatic hydroxyl groups is 5. The van der Waals surface area contributed by atoms with Crippen LogP contribution in [0.5, 0.6) is 0 Å². The van der Waals surface area contributed by atoms with Crippen LogP contribution in [0.2, 0.25) is 0 Å². The van der Waals surface area contributed by atoms with Crippen LogP contribution < -0.4 is 0 Å². The van der Waals surface area contributed by atoms with E-state index >= 15 is 0 Å². The van der Waals surface area contributed by atoms with E-state index in [1.807, 2.05) is 0 Å². The van der Waals surface area contributed by atoms with Gasteiger partial charge in [0.1, 0.15) is 48.8 Å². The molecule has 0 bridgehead atoms. The van der Waals surface area contributed by atoms with Gasteiger partial charge >= 0.3 is 0 Å². The van der Waals surface area contributed by atoms with Crippen molar-refractivity contribution >= 4 is 0 Å². The van der Waals surface area contributed by atoms with Gasteiger partial charge in [-0.15, -0.1) is 0 Å². The molecule has 2 fully saturated rings. The first-order chi connectivity index (χ1) is 12.4. The third kappa shape index (κ3) is 4.18. The van der Waals surface area contributed by atoms with Crippen molar-refractivity contribution < 1.29 is 54.0 Å². The maximum atomic E-state index is 10.4. The molecule has 0 aromatic heterocycles. The fourth-order valence-corrected chi connectivity index (χ4v) is 3.27. The summed E-state index contributed by atoms with van der Waals surface area (Å²) in [7, 11) is 3.97. The topological polar surface area (TPSA) is 157 Å². The maximum absolute atomic E-state index is 10.4. The Bertz CT molecular complexity index is 424. The van der Waals surface area contributed by atoms with E-state index in [1.165, 1.54) is 21.3 Å². The number of aliphatic hydroxyl groups excluding tert-OH is 5. The van der Waals surface area contributed by atoms with E-state index in [1.54, 1.807) is 0 Å². The van der Waals surface area contributed by atoms with Gasteiger partial charge in [-0.2, -0.15) is 0 Å². The summed E-state index contributed by atoms with van der Waals surface area (Å²) >= 11 is 0. The third-order valence-electron chi connectivity index (χ3n) is 4.68. The molecule has 0 amide bonds. The Kier molecular flexibility index (Phi) is 8.12. The minimum atomic E-state index is -1.40. The molecule has 2 saturated heterocycles. The van der Waals surface area contributed by atoms with E-state index in [0.29, 0.717) is 0 Å². The van der Waals surface area contributed by atoms with Gasteiger partial charge in [-0.3, -0.25) is 0 Å². The van der Waals surface area contributed by atoms with Gasteiger partial charge in [-0.25, -0.2) is 0 Å². The molecule has 0 radical (unpaired) electrons. The van der Waals surface area contributed by atoms with Crippen molar-refractivity contribution in [3.63, 3.8) is 0 Å². The van der Waals surface area contributed by atoms with E-state index in [-0.39, 0.29) is 0 Å². The Balaban J connectivity index is 2.19. The Morgan fingerprint density at radius 1 is 0.654 bits per heavy atom. The van der Waals surface area contributed by atoms with E-state index in [9.17, 15) is 25.5 Å². The number of hydrogen-bond acceptors (Lipinski definition) is 11. The van der Waals surface area contributed by atoms with Crippen LogP contribution in [0.4, 0.5) is 0 Å². The molecule has 26 heavy (non-hydrogen) atoms. The Morgan fingerprint density at radius 2 is 1.19 bits per heavy atom. The smallest absolute Gasteiger partial charge is 0.187 e. The molecule has 0 saturated carbocycles. The van der Waals surface area contributed by atoms with Crippen LogP contribution in [0.25, 0.3) is 0 Å². The van der Waals surface area contributed by atoms with Crippen LogP contribution in [-0.2, 0) is 28.4 Å². The molecular weight excluding hydrogens is 356 g/mol. The lowest BCUT2D eigenvalue weighted by molar-refractivity contribution is -0.360. The van der Waals surface area contributed by atoms with E-state index < -0.39 is 74.6 Å². The SMILES string of the molecule is CO[C@H]1O[C@H](CO)[C@@H](O[C@H]2O[C@H](CO)[C@@H](O)[C@H](OC)[C@@H]2O)[C@H](OC)[C@@H]1O. The highest BCUT2D eigenvalue weighted by Gasteiger charge is 2.51. The lowest BCUT2D eigenvalue weighted by atomic mass is 9.96. The summed E-state index contributed by atoms with van der Waals surface area (Å²) in [5.41, 5.74) is 0. The van der Waals surface area contributed by atoms with Gasteiger partial charge in [-0.05, 0) is 0 Å². The molecule has 0 aliphatic carbocycles. The summed E-state index contributed by atoms with van der Waals surface area (Å²) in [6, 6.07) is 0. The average Bonchev–Trinajstić information content (AvgIpc) is 2.64. The fraction of sp³-hybridized carbons (Fsp3) is 1.00. The average molecular weight is 384 g/mol. The standard InChI is InChI=1S/C15H28O11/c1-21-12-8(18)6(4-16)24-15(9(12)19)26-11-7(5-17)25-14(23-3)10(20)13(11)22-2/h6-20H,4-5H2,1-3H3/t6-,7-,8-,9+,10+,11-,12+,13-,14+,15-/m1/s1. The predicted octanol–water partition coefficient (Wildman–Crippen LogP) is -3.43. The molecule has 0 unspecified atom stereocenters. The largest absolute Gasteiger partial charge is 0.394 e. The zero-order chi connectivity index (χ0) is 19.4. The van der Waals surface area contributed by atoms with Crippen LogP contribution >= 0.6 is 0 Å². The summed E-state index contributed by atoms with van der Waals surface area (Å²) in [4.78, 5) is 0. The molecule has 2 rings (SSSR count). The van der Waals surface area contributed by atoms with Gasteiger partial charge < -0.3 is 54.0 Å². The normalized spacial score (nSPS) is 47.1. The van der Waals surface area contributed by atoms with E-state index in [2.05, 4.69) is 0 Å². The van der Waals surface area contributed by atoms with Gasteiger partial charge in [0.25, 0.3) is 0 Å². The fourth-order valence-electron chi connectivity index (χ4n) is 3.27. The van der Waals surface area contributed by atoms with Crippen molar-refractivity contribution in [3.8, 4) is 0 Å². The van der Waals surface area contributed by atoms with Gasteiger partial charge in [-0.1, -0.05) is 0 Å². The van der Waals surface area contributed by atoms with E-state index in [0.717, 1.165) is 0 Å². The first-order valence-electron chi connectivity index (χ1n) is 8.24. The summed E-state index contributed by atoms with van der Waals surface area (Å²) in [6.45, 7) is -1.00. The molecular formula is C15H28O11. The zero-order valence-electron chi connectivity index (χ0n) is 14.9. The molecule has 5 N–H and O–H groups in total. The van der Waals surface area contributed by atoms with Gasteiger partial charge in [0.2, 0.25) is 0 Å². The lowest BCUT2D eigenvalue weighted by Crippen LogP contribution is -2.65. The molecule has 0 aromatic carbocycles. The lowest BCUT2D eigenvalue weighted by Gasteiger charge is -2.47. The van der Waals surface area contributed by atoms with Crippen LogP contribution in [0.15, 0.2) is 0 Å². The molecule has 11 heteroatoms. The second kappa shape index (κ2) is 9.66. The molecule has 2 aliphatic heterocycles. The molecule has 0 aromatic rings. The highest BCUT2D eigenvalue weighted by molar-refractivity contribution is 4.95. The van der Waals surface area contributed by atoms with Crippen LogP contribution in [-0.4, -0.2) is 121 Å². The second-order valence-corrected chi connectivity index (χ2v) is 6.16. The third-order valence-corrected chi connectivity index (χ3v) is 4.68. The second-order valence-electron chi connectivity index (χ2n) is 6.16. The van der Waals surface area contributed by atoms with Crippen LogP contribution in [0.1, 0.15) is 0 Å². The summed E-state index contributed by atoms with van der Waals surface area (Å²) in [6.07, 6.45) is -11.3. The van der Waals surface area contributed by atoms with Crippen molar-refractivity contribution in [3.05, 3.63) is 0 Å². The van der Waals surface area contributed by atoms with Crippen molar-refractivity contribution in [2.24, 2.45) is 0 Å². The molecule has 2 heterocycles. The number of ether oxygens (including phenoxy) is 6. The first-order valence-corrected chi connectivity index (χ1v) is 8.24. The van der Waals surface area contributed by atoms with Crippen molar-refractivity contribution in [1.82, 2.24) is 0 Å². The summed E-state index contributed by atoms with van der Waals surface area (Å²) in [5, 5.41) is 49.7. The number of rotatable bonds is 7. The first kappa shape index (κ1) is 21.9. The minimum absolute atomic E-state index is 0.473. The van der Waals surface area contributed by atoms with Gasteiger partial charge in [0.05, 0.1) is 13.2 Å². The number of hydrogen-bond donors (Lipinski definition) is 5. The quantitative estimate of drug-likeness (QED) is 0.298. The van der Waals surface area contributed by atoms with Crippen LogP contribution in [0, 0.1) is 0 Å².